The van der Waals surface area contributed by atoms with Crippen molar-refractivity contribution in [1.29, 1.82) is 0 Å². The van der Waals surface area contributed by atoms with Gasteiger partial charge in [-0.3, -0.25) is 19.2 Å². The molecule has 8 heterocycles. The Labute approximate surface area is 567 Å². The Morgan fingerprint density at radius 1 is 0.280 bits per heavy atom. The van der Waals surface area contributed by atoms with E-state index in [1.54, 1.807) is 0 Å². The van der Waals surface area contributed by atoms with Crippen molar-refractivity contribution < 1.29 is 197 Å². The third kappa shape index (κ3) is 18.3. The molecule has 578 valence electrons. The highest BCUT2D eigenvalue weighted by molar-refractivity contribution is 5.74. The van der Waals surface area contributed by atoms with Crippen LogP contribution in [0.25, 0.3) is 0 Å². The lowest BCUT2D eigenvalue weighted by molar-refractivity contribution is -0.396. The van der Waals surface area contributed by atoms with E-state index >= 15 is 0 Å². The summed E-state index contributed by atoms with van der Waals surface area (Å²) in [6, 6.07) is -7.10. The Bertz CT molecular complexity index is 2620. The zero-order valence-electron chi connectivity index (χ0n) is 54.2. The quantitative estimate of drug-likeness (QED) is 0.0404. The van der Waals surface area contributed by atoms with Gasteiger partial charge in [0, 0.05) is 27.7 Å². The smallest absolute Gasteiger partial charge is 0.217 e. The summed E-state index contributed by atoms with van der Waals surface area (Å²) in [6.45, 7) is -1.92. The molecule has 0 spiro atoms. The summed E-state index contributed by atoms with van der Waals surface area (Å²) in [5, 5.41) is 242. The molecule has 0 saturated carbocycles. The van der Waals surface area contributed by atoms with Crippen molar-refractivity contribution in [2.24, 2.45) is 0 Å². The molecule has 100 heavy (non-hydrogen) atoms. The molecule has 0 aromatic carbocycles. The van der Waals surface area contributed by atoms with Gasteiger partial charge >= 0.3 is 0 Å². The van der Waals surface area contributed by atoms with Gasteiger partial charge in [0.15, 0.2) is 50.3 Å². The Hall–Kier alpha value is -3.56. The number of amides is 4. The van der Waals surface area contributed by atoms with Crippen molar-refractivity contribution in [2.45, 2.75) is 280 Å². The maximum absolute atomic E-state index is 13.1. The maximum atomic E-state index is 13.1. The van der Waals surface area contributed by atoms with Crippen molar-refractivity contribution in [3.8, 4) is 0 Å². The first-order chi connectivity index (χ1) is 47.2. The van der Waals surface area contributed by atoms with Gasteiger partial charge in [0.2, 0.25) is 23.6 Å². The van der Waals surface area contributed by atoms with Gasteiger partial charge in [-0.15, -0.1) is 0 Å². The molecule has 8 saturated heterocycles. The second-order valence-electron chi connectivity index (χ2n) is 25.4. The van der Waals surface area contributed by atoms with Crippen molar-refractivity contribution in [1.82, 2.24) is 21.3 Å². The molecule has 44 nitrogen and oxygen atoms in total. The fourth-order valence-electron chi connectivity index (χ4n) is 12.8. The van der Waals surface area contributed by atoms with Crippen LogP contribution in [0.3, 0.4) is 0 Å². The van der Waals surface area contributed by atoms with Gasteiger partial charge in [-0.25, -0.2) is 0 Å². The first-order valence-corrected chi connectivity index (χ1v) is 32.0. The van der Waals surface area contributed by atoms with Crippen LogP contribution >= 0.6 is 0 Å². The molecule has 44 heteroatoms. The number of ether oxygens (including phenoxy) is 15. The van der Waals surface area contributed by atoms with Gasteiger partial charge in [0.05, 0.1) is 52.4 Å². The van der Waals surface area contributed by atoms with E-state index in [4.69, 9.17) is 71.1 Å². The average Bonchev–Trinajstić information content (AvgIpc) is 0.770. The second kappa shape index (κ2) is 35.7. The number of aliphatic hydroxyl groups excluding tert-OH is 21. The number of hydrogen-bond acceptors (Lipinski definition) is 40. The van der Waals surface area contributed by atoms with E-state index in [0.29, 0.717) is 0 Å². The summed E-state index contributed by atoms with van der Waals surface area (Å²) in [7, 11) is 0. The third-order valence-corrected chi connectivity index (χ3v) is 18.2. The van der Waals surface area contributed by atoms with Crippen LogP contribution in [0.2, 0.25) is 0 Å². The fourth-order valence-corrected chi connectivity index (χ4v) is 12.8. The molecule has 25 N–H and O–H groups in total. The Morgan fingerprint density at radius 3 is 1.09 bits per heavy atom. The molecular formula is C56H94N4O40. The number of carbonyl (C=O) groups is 4. The van der Waals surface area contributed by atoms with Gasteiger partial charge in [0.25, 0.3) is 0 Å². The van der Waals surface area contributed by atoms with Crippen LogP contribution in [0.15, 0.2) is 0 Å². The molecule has 8 fully saturated rings. The third-order valence-electron chi connectivity index (χ3n) is 18.2. The van der Waals surface area contributed by atoms with Crippen molar-refractivity contribution in [3.63, 3.8) is 0 Å². The lowest BCUT2D eigenvalue weighted by Gasteiger charge is -2.51. The summed E-state index contributed by atoms with van der Waals surface area (Å²) >= 11 is 0. The minimum atomic E-state index is -2.50. The Morgan fingerprint density at radius 2 is 0.620 bits per heavy atom. The molecule has 8 aliphatic heterocycles. The van der Waals surface area contributed by atoms with Crippen LogP contribution in [0.4, 0.5) is 0 Å². The minimum absolute atomic E-state index is 0.809. The van der Waals surface area contributed by atoms with Crippen LogP contribution in [-0.4, -0.2) is 423 Å². The SMILES string of the molecule is CC(=O)N[C@@H]1[C@@H](O)[C@H](O[C@@H]2O[C@H](CO)[C@@H](O[C@@H]3O[C@H](CO[C@@H]4O[C@H](CO)[C@@H](O)[C@H](O)[C@@H]4O[C@@H]4O[C@H](CO)[C@@H](O)[C@H](O)[C@H]4NC(C)=O)[C@@H](O)[C@H](O[C@@H]4O[C@H](CO)[C@@H](O)[C@H](O)[C@@H]4O[C@@H]4O[C@H](CO)[C@@H](O)[C@H](O)[C@H]4NC(C)=O)[C@@H]3O)[C@H](O)[C@H]2NC(C)=O)[C@@H](CO[C@H]2O[C@@H](C)[C@@H](O)[C@@H](O)[C@@H]2O)O[C@H]1O. The normalized spacial score (nSPS) is 48.7. The number of aliphatic hydroxyl groups is 21. The lowest BCUT2D eigenvalue weighted by atomic mass is 9.93. The number of carbonyl (C=O) groups excluding carboxylic acids is 4. The summed E-state index contributed by atoms with van der Waals surface area (Å²) in [4.78, 5) is 50.2. The summed E-state index contributed by atoms with van der Waals surface area (Å²) in [5.41, 5.74) is 0. The van der Waals surface area contributed by atoms with Crippen LogP contribution in [0, 0.1) is 0 Å². The fraction of sp³-hybridized carbons (Fsp3) is 0.929. The highest BCUT2D eigenvalue weighted by Crippen LogP contribution is 2.38. The first kappa shape index (κ1) is 82.1. The van der Waals surface area contributed by atoms with E-state index in [0.717, 1.165) is 27.7 Å². The minimum Gasteiger partial charge on any atom is -0.394 e. The monoisotopic (exact) mass is 1460 g/mol. The largest absolute Gasteiger partial charge is 0.394 e. The first-order valence-electron chi connectivity index (χ1n) is 32.0. The Kier molecular flexibility index (Phi) is 29.3. The molecular weight excluding hydrogens is 1370 g/mol. The van der Waals surface area contributed by atoms with Crippen molar-refractivity contribution >= 4 is 23.6 Å². The molecule has 8 aliphatic rings. The van der Waals surface area contributed by atoms with Gasteiger partial charge in [0.1, 0.15) is 189 Å². The van der Waals surface area contributed by atoms with Crippen molar-refractivity contribution in [2.75, 3.05) is 46.2 Å². The number of hydrogen-bond donors (Lipinski definition) is 25. The van der Waals surface area contributed by atoms with Gasteiger partial charge in [-0.05, 0) is 6.92 Å². The highest BCUT2D eigenvalue weighted by Gasteiger charge is 2.60. The molecule has 4 amide bonds. The molecule has 0 bridgehead atoms. The standard InChI is InChI=1S/C56H94N4O40/c1-13-29(70)39(80)42(83)53(88-13)86-12-24-45(37(78)25(49(85)89-24)57-14(2)66)96-52-28(60-17(5)69)38(79)44(22(10-65)94-52)97-54-43(84)46(98-56-48(41(82)33(74)21(9-64)93-56)100-51-27(59-16(4)68)36(77)31(72)19(7-62)91-51)34(75)23(95-54)11-87-55-47(40(81)32(73)20(8-63)92-55)99-50-26(58-15(3)67)35(76)30(71)18(6-61)90-50/h13,18-56,61-65,70-85H,6-12H2,1-5H3,(H,57,66)(H,58,67)(H,59,68)(H,60,69)/t13-,18+,19+,20+,21+,22+,23+,24+,25+,26+,27+,28+,29+,30+,31+,32+,33+,34+,35+,36+,37+,38+,39+,40-,41-,42-,43-,44+,45+,46-,47-,48-,49+,50-,51-,52-,53-,54-,55+,56-/m0/s1. The maximum Gasteiger partial charge on any atom is 0.217 e. The van der Waals surface area contributed by atoms with E-state index in [9.17, 15) is 126 Å². The van der Waals surface area contributed by atoms with Gasteiger partial charge in [-0.2, -0.15) is 0 Å². The van der Waals surface area contributed by atoms with E-state index in [2.05, 4.69) is 21.3 Å². The number of nitrogens with one attached hydrogen (secondary N) is 4. The Balaban J connectivity index is 1.14. The molecule has 8 rings (SSSR count). The number of rotatable bonds is 25. The van der Waals surface area contributed by atoms with Crippen molar-refractivity contribution in [3.05, 3.63) is 0 Å². The van der Waals surface area contributed by atoms with Crippen LogP contribution < -0.4 is 21.3 Å². The van der Waals surface area contributed by atoms with Crippen LogP contribution in [-0.2, 0) is 90.2 Å². The summed E-state index contributed by atoms with van der Waals surface area (Å²) in [5.74, 6) is -3.42. The van der Waals surface area contributed by atoms with Gasteiger partial charge < -0.3 is 200 Å². The average molecular weight is 1460 g/mol. The van der Waals surface area contributed by atoms with E-state index < -0.39 is 315 Å². The highest BCUT2D eigenvalue weighted by atomic mass is 16.8. The van der Waals surface area contributed by atoms with E-state index in [1.165, 1.54) is 6.92 Å². The van der Waals surface area contributed by atoms with Crippen LogP contribution in [0.5, 0.6) is 0 Å². The molecule has 0 aliphatic carbocycles. The molecule has 0 radical (unpaired) electrons. The van der Waals surface area contributed by atoms with Gasteiger partial charge in [-0.1, -0.05) is 0 Å². The zero-order chi connectivity index (χ0) is 73.8. The van der Waals surface area contributed by atoms with Crippen LogP contribution in [0.1, 0.15) is 34.6 Å². The summed E-state index contributed by atoms with van der Waals surface area (Å²) < 4.78 is 88.8. The summed E-state index contributed by atoms with van der Waals surface area (Å²) in [6.07, 6.45) is -71.6. The lowest BCUT2D eigenvalue weighted by Crippen LogP contribution is -2.71. The molecule has 0 aromatic rings. The topological polar surface area (TPSA) is 680 Å². The molecule has 0 unspecified atom stereocenters. The predicted octanol–water partition coefficient (Wildman–Crippen LogP) is -16.8. The molecule has 0 aromatic heterocycles. The van der Waals surface area contributed by atoms with E-state index in [1.807, 2.05) is 0 Å². The zero-order valence-corrected chi connectivity index (χ0v) is 54.2. The van der Waals surface area contributed by atoms with E-state index in [-0.39, 0.29) is 0 Å². The molecule has 40 atom stereocenters. The second-order valence-corrected chi connectivity index (χ2v) is 25.4. The predicted molar refractivity (Wildman–Crippen MR) is 309 cm³/mol.